The highest BCUT2D eigenvalue weighted by Gasteiger charge is 2.17. The highest BCUT2D eigenvalue weighted by atomic mass is 79.9. The van der Waals surface area contributed by atoms with Crippen LogP contribution in [0.3, 0.4) is 0 Å². The molecule has 0 spiro atoms. The molecule has 1 aromatic heterocycles. The van der Waals surface area contributed by atoms with Gasteiger partial charge in [-0.3, -0.25) is 4.79 Å². The Kier molecular flexibility index (Phi) is 5.80. The summed E-state index contributed by atoms with van der Waals surface area (Å²) < 4.78 is 1.91. The number of hydrogen-bond acceptors (Lipinski definition) is 3. The van der Waals surface area contributed by atoms with Gasteiger partial charge in [-0.25, -0.2) is 5.43 Å². The predicted molar refractivity (Wildman–Crippen MR) is 115 cm³/mol. The first-order chi connectivity index (χ1) is 12.4. The van der Waals surface area contributed by atoms with E-state index < -0.39 is 0 Å². The second kappa shape index (κ2) is 7.91. The molecule has 0 atom stereocenters. The van der Waals surface area contributed by atoms with Crippen LogP contribution in [0.15, 0.2) is 52.0 Å². The van der Waals surface area contributed by atoms with Crippen LogP contribution >= 0.6 is 38.9 Å². The molecule has 3 rings (SSSR count). The van der Waals surface area contributed by atoms with Crippen molar-refractivity contribution in [1.29, 1.82) is 0 Å². The van der Waals surface area contributed by atoms with Gasteiger partial charge in [0, 0.05) is 14.6 Å². The van der Waals surface area contributed by atoms with Gasteiger partial charge >= 0.3 is 0 Å². The SMILES string of the molecule is CC(=NNC(=O)c1sc2cc(Br)ccc2c1Cl)c1ccc(C(C)C)cc1. The molecule has 3 nitrogen and oxygen atoms in total. The Morgan fingerprint density at radius 1 is 1.19 bits per heavy atom. The molecule has 0 fully saturated rings. The Morgan fingerprint density at radius 2 is 1.88 bits per heavy atom. The molecule has 0 aliphatic rings. The Labute approximate surface area is 170 Å². The highest BCUT2D eigenvalue weighted by molar-refractivity contribution is 9.10. The van der Waals surface area contributed by atoms with Crippen molar-refractivity contribution < 1.29 is 4.79 Å². The van der Waals surface area contributed by atoms with E-state index in [1.165, 1.54) is 16.9 Å². The van der Waals surface area contributed by atoms with Gasteiger partial charge in [-0.2, -0.15) is 5.10 Å². The van der Waals surface area contributed by atoms with Gasteiger partial charge in [-0.1, -0.05) is 71.7 Å². The number of benzene rings is 2. The van der Waals surface area contributed by atoms with Crippen molar-refractivity contribution >= 4 is 60.6 Å². The van der Waals surface area contributed by atoms with Crippen LogP contribution in [-0.2, 0) is 0 Å². The van der Waals surface area contributed by atoms with E-state index in [4.69, 9.17) is 11.6 Å². The largest absolute Gasteiger partial charge is 0.283 e. The van der Waals surface area contributed by atoms with Crippen molar-refractivity contribution in [2.75, 3.05) is 0 Å². The molecule has 0 bridgehead atoms. The number of halogens is 2. The molecule has 6 heteroatoms. The van der Waals surface area contributed by atoms with E-state index in [9.17, 15) is 4.79 Å². The first-order valence-electron chi connectivity index (χ1n) is 8.19. The van der Waals surface area contributed by atoms with Crippen LogP contribution in [0, 0.1) is 0 Å². The van der Waals surface area contributed by atoms with Crippen LogP contribution < -0.4 is 5.43 Å². The second-order valence-electron chi connectivity index (χ2n) is 6.30. The molecular formula is C20H18BrClN2OS. The lowest BCUT2D eigenvalue weighted by Crippen LogP contribution is -2.18. The van der Waals surface area contributed by atoms with E-state index in [-0.39, 0.29) is 5.91 Å². The van der Waals surface area contributed by atoms with Crippen molar-refractivity contribution in [2.24, 2.45) is 5.10 Å². The van der Waals surface area contributed by atoms with E-state index in [1.807, 2.05) is 37.3 Å². The number of nitrogens with zero attached hydrogens (tertiary/aromatic N) is 1. The monoisotopic (exact) mass is 448 g/mol. The molecule has 26 heavy (non-hydrogen) atoms. The fourth-order valence-corrected chi connectivity index (χ4v) is 4.50. The molecule has 0 aliphatic heterocycles. The Hall–Kier alpha value is -1.69. The Balaban J connectivity index is 1.79. The van der Waals surface area contributed by atoms with Crippen LogP contribution in [0.1, 0.15) is 47.5 Å². The van der Waals surface area contributed by atoms with Gasteiger partial charge in [0.15, 0.2) is 0 Å². The summed E-state index contributed by atoms with van der Waals surface area (Å²) in [4.78, 5) is 13.0. The van der Waals surface area contributed by atoms with E-state index in [2.05, 4.69) is 52.4 Å². The van der Waals surface area contributed by atoms with E-state index in [0.29, 0.717) is 15.8 Å². The molecule has 0 aliphatic carbocycles. The lowest BCUT2D eigenvalue weighted by molar-refractivity contribution is 0.0959. The number of fused-ring (bicyclic) bond motifs is 1. The number of carbonyl (C=O) groups is 1. The van der Waals surface area contributed by atoms with E-state index in [1.54, 1.807) is 0 Å². The standard InChI is InChI=1S/C20H18BrClN2OS/c1-11(2)13-4-6-14(7-5-13)12(3)23-24-20(25)19-18(22)16-9-8-15(21)10-17(16)26-19/h4-11H,1-3H3,(H,24,25). The summed E-state index contributed by atoms with van der Waals surface area (Å²) in [5, 5.41) is 5.56. The summed E-state index contributed by atoms with van der Waals surface area (Å²) in [7, 11) is 0. The fourth-order valence-electron chi connectivity index (χ4n) is 2.54. The van der Waals surface area contributed by atoms with Crippen molar-refractivity contribution in [1.82, 2.24) is 5.43 Å². The molecule has 3 aromatic rings. The highest BCUT2D eigenvalue weighted by Crippen LogP contribution is 2.36. The summed E-state index contributed by atoms with van der Waals surface area (Å²) in [6.07, 6.45) is 0. The quantitative estimate of drug-likeness (QED) is 0.354. The topological polar surface area (TPSA) is 41.5 Å². The third-order valence-electron chi connectivity index (χ3n) is 4.12. The number of hydrogen-bond donors (Lipinski definition) is 1. The third-order valence-corrected chi connectivity index (χ3v) is 6.27. The zero-order valence-electron chi connectivity index (χ0n) is 14.6. The molecule has 0 unspecified atom stereocenters. The fraction of sp³-hybridized carbons (Fsp3) is 0.200. The summed E-state index contributed by atoms with van der Waals surface area (Å²) in [6.45, 7) is 6.18. The van der Waals surface area contributed by atoms with Crippen LogP contribution in [0.2, 0.25) is 5.02 Å². The van der Waals surface area contributed by atoms with E-state index in [0.717, 1.165) is 25.8 Å². The number of nitrogens with one attached hydrogen (secondary N) is 1. The predicted octanol–water partition coefficient (Wildman–Crippen LogP) is 6.59. The zero-order chi connectivity index (χ0) is 18.8. The molecule has 0 radical (unpaired) electrons. The summed E-state index contributed by atoms with van der Waals surface area (Å²) in [6, 6.07) is 14.0. The maximum atomic E-state index is 12.5. The maximum absolute atomic E-state index is 12.5. The second-order valence-corrected chi connectivity index (χ2v) is 8.65. The lowest BCUT2D eigenvalue weighted by Gasteiger charge is -2.07. The Bertz CT molecular complexity index is 993. The molecule has 0 saturated carbocycles. The average molecular weight is 450 g/mol. The summed E-state index contributed by atoms with van der Waals surface area (Å²) in [5.74, 6) is 0.182. The number of amides is 1. The maximum Gasteiger partial charge on any atom is 0.283 e. The number of hydrazone groups is 1. The van der Waals surface area contributed by atoms with E-state index >= 15 is 0 Å². The van der Waals surface area contributed by atoms with Gasteiger partial charge in [-0.05, 0) is 36.1 Å². The minimum Gasteiger partial charge on any atom is -0.266 e. The molecule has 2 aromatic carbocycles. The van der Waals surface area contributed by atoms with Crippen LogP contribution in [0.25, 0.3) is 10.1 Å². The van der Waals surface area contributed by atoms with Gasteiger partial charge in [0.1, 0.15) is 4.88 Å². The molecule has 134 valence electrons. The molecule has 1 heterocycles. The van der Waals surface area contributed by atoms with Crippen LogP contribution in [0.4, 0.5) is 0 Å². The van der Waals surface area contributed by atoms with Gasteiger partial charge < -0.3 is 0 Å². The number of thiophene rings is 1. The minimum absolute atomic E-state index is 0.300. The normalized spacial score (nSPS) is 12.0. The smallest absolute Gasteiger partial charge is 0.266 e. The van der Waals surface area contributed by atoms with Gasteiger partial charge in [-0.15, -0.1) is 11.3 Å². The zero-order valence-corrected chi connectivity index (χ0v) is 17.8. The first kappa shape index (κ1) is 19.1. The van der Waals surface area contributed by atoms with Gasteiger partial charge in [0.2, 0.25) is 0 Å². The molecular weight excluding hydrogens is 432 g/mol. The molecule has 1 amide bonds. The number of carbonyl (C=O) groups excluding carboxylic acids is 1. The summed E-state index contributed by atoms with van der Waals surface area (Å²) >= 11 is 11.2. The van der Waals surface area contributed by atoms with Crippen molar-refractivity contribution in [3.63, 3.8) is 0 Å². The molecule has 1 N–H and O–H groups in total. The first-order valence-corrected chi connectivity index (χ1v) is 10.2. The lowest BCUT2D eigenvalue weighted by atomic mass is 10.0. The van der Waals surface area contributed by atoms with Crippen molar-refractivity contribution in [3.8, 4) is 0 Å². The van der Waals surface area contributed by atoms with Gasteiger partial charge in [0.25, 0.3) is 5.91 Å². The van der Waals surface area contributed by atoms with Crippen LogP contribution in [-0.4, -0.2) is 11.6 Å². The average Bonchev–Trinajstić information content (AvgIpc) is 2.95. The summed E-state index contributed by atoms with van der Waals surface area (Å²) in [5.41, 5.74) is 5.60. The van der Waals surface area contributed by atoms with Gasteiger partial charge in [0.05, 0.1) is 10.7 Å². The Morgan fingerprint density at radius 3 is 2.54 bits per heavy atom. The van der Waals surface area contributed by atoms with Crippen LogP contribution in [0.5, 0.6) is 0 Å². The molecule has 0 saturated heterocycles. The minimum atomic E-state index is -0.300. The van der Waals surface area contributed by atoms with Crippen molar-refractivity contribution in [3.05, 3.63) is 68.0 Å². The number of rotatable bonds is 4. The van der Waals surface area contributed by atoms with Crippen molar-refractivity contribution in [2.45, 2.75) is 26.7 Å². The third kappa shape index (κ3) is 4.00.